The van der Waals surface area contributed by atoms with Gasteiger partial charge in [0.1, 0.15) is 19.0 Å². The number of pyridine rings is 1. The Kier molecular flexibility index (Phi) is 7.01. The molecule has 2 aromatic carbocycles. The van der Waals surface area contributed by atoms with Gasteiger partial charge in [-0.25, -0.2) is 0 Å². The number of methoxy groups -OCH3 is 1. The van der Waals surface area contributed by atoms with Crippen LogP contribution in [0.3, 0.4) is 0 Å². The first-order valence-electron chi connectivity index (χ1n) is 12.2. The van der Waals surface area contributed by atoms with Gasteiger partial charge in [-0.3, -0.25) is 9.59 Å². The Morgan fingerprint density at radius 2 is 1.83 bits per heavy atom. The zero-order chi connectivity index (χ0) is 24.2. The zero-order valence-electron chi connectivity index (χ0n) is 20.0. The van der Waals surface area contributed by atoms with E-state index >= 15 is 0 Å². The fourth-order valence-corrected chi connectivity index (χ4v) is 4.90. The van der Waals surface area contributed by atoms with Crippen LogP contribution in [0.5, 0.6) is 17.2 Å². The Balaban J connectivity index is 1.17. The van der Waals surface area contributed by atoms with Crippen molar-refractivity contribution in [3.63, 3.8) is 0 Å². The van der Waals surface area contributed by atoms with E-state index in [2.05, 4.69) is 22.3 Å². The first-order chi connectivity index (χ1) is 17.1. The van der Waals surface area contributed by atoms with E-state index in [1.807, 2.05) is 24.3 Å². The van der Waals surface area contributed by atoms with Crippen molar-refractivity contribution in [2.75, 3.05) is 40.0 Å². The highest BCUT2D eigenvalue weighted by Crippen LogP contribution is 2.30. The minimum atomic E-state index is -0.163. The average Bonchev–Trinajstić information content (AvgIpc) is 2.91. The van der Waals surface area contributed by atoms with E-state index in [9.17, 15) is 9.59 Å². The van der Waals surface area contributed by atoms with Crippen molar-refractivity contribution >= 4 is 17.2 Å². The first kappa shape index (κ1) is 23.4. The molecule has 0 saturated carbocycles. The number of piperidine rings is 1. The van der Waals surface area contributed by atoms with Gasteiger partial charge in [0.2, 0.25) is 0 Å². The van der Waals surface area contributed by atoms with Crippen LogP contribution < -0.4 is 25.1 Å². The molecule has 2 aliphatic rings. The van der Waals surface area contributed by atoms with Gasteiger partial charge in [-0.05, 0) is 55.8 Å². The van der Waals surface area contributed by atoms with Gasteiger partial charge in [0, 0.05) is 48.8 Å². The average molecular weight is 478 g/mol. The van der Waals surface area contributed by atoms with Gasteiger partial charge >= 0.3 is 0 Å². The Bertz CT molecular complexity index is 1260. The Morgan fingerprint density at radius 1 is 1.03 bits per heavy atom. The Labute approximate surface area is 204 Å². The van der Waals surface area contributed by atoms with Gasteiger partial charge in [-0.1, -0.05) is 6.07 Å². The predicted octanol–water partition coefficient (Wildman–Crippen LogP) is 2.85. The van der Waals surface area contributed by atoms with Crippen LogP contribution in [0.2, 0.25) is 0 Å². The summed E-state index contributed by atoms with van der Waals surface area (Å²) < 4.78 is 18.4. The van der Waals surface area contributed by atoms with Crippen molar-refractivity contribution in [1.29, 1.82) is 0 Å². The lowest BCUT2D eigenvalue weighted by Crippen LogP contribution is -2.43. The number of benzene rings is 2. The summed E-state index contributed by atoms with van der Waals surface area (Å²) in [7, 11) is 1.60. The lowest BCUT2D eigenvalue weighted by Gasteiger charge is -2.32. The fraction of sp³-hybridized carbons (Fsp3) is 0.407. The second kappa shape index (κ2) is 10.5. The number of ether oxygens (including phenoxy) is 3. The molecule has 35 heavy (non-hydrogen) atoms. The van der Waals surface area contributed by atoms with Crippen molar-refractivity contribution in [3.05, 3.63) is 63.9 Å². The SMILES string of the molecule is COc1ccc2c(C=O)cc(=O)n(CCN3CCC(NCc4ccc5c(c4)OCCO5)CC3)c2c1. The summed E-state index contributed by atoms with van der Waals surface area (Å²) in [5, 5.41) is 4.44. The molecule has 0 atom stereocenters. The molecule has 1 N–H and O–H groups in total. The van der Waals surface area contributed by atoms with E-state index in [0.717, 1.165) is 67.7 Å². The van der Waals surface area contributed by atoms with E-state index < -0.39 is 0 Å². The number of aldehydes is 1. The molecular weight excluding hydrogens is 446 g/mol. The van der Waals surface area contributed by atoms with Crippen LogP contribution >= 0.6 is 0 Å². The molecule has 1 aromatic heterocycles. The van der Waals surface area contributed by atoms with Gasteiger partial charge in [0.25, 0.3) is 5.56 Å². The van der Waals surface area contributed by atoms with Crippen LogP contribution in [0, 0.1) is 0 Å². The van der Waals surface area contributed by atoms with Gasteiger partial charge < -0.3 is 29.0 Å². The van der Waals surface area contributed by atoms with Crippen molar-refractivity contribution in [2.24, 2.45) is 0 Å². The first-order valence-corrected chi connectivity index (χ1v) is 12.2. The predicted molar refractivity (Wildman–Crippen MR) is 134 cm³/mol. The summed E-state index contributed by atoms with van der Waals surface area (Å²) in [6, 6.07) is 13.5. The number of hydrogen-bond acceptors (Lipinski definition) is 7. The number of nitrogens with zero attached hydrogens (tertiary/aromatic N) is 2. The molecule has 3 aromatic rings. The number of likely N-dealkylation sites (tertiary alicyclic amines) is 1. The van der Waals surface area contributed by atoms with E-state index in [1.54, 1.807) is 11.7 Å². The summed E-state index contributed by atoms with van der Waals surface area (Å²) in [6.07, 6.45) is 2.85. The topological polar surface area (TPSA) is 82.0 Å². The third-order valence-corrected chi connectivity index (χ3v) is 6.91. The maximum absolute atomic E-state index is 12.8. The molecule has 184 valence electrons. The van der Waals surface area contributed by atoms with Crippen LogP contribution in [0.25, 0.3) is 10.9 Å². The lowest BCUT2D eigenvalue weighted by molar-refractivity contribution is 0.112. The highest BCUT2D eigenvalue weighted by molar-refractivity contribution is 5.96. The summed E-state index contributed by atoms with van der Waals surface area (Å²) in [5.74, 6) is 2.31. The maximum atomic E-state index is 12.8. The van der Waals surface area contributed by atoms with Gasteiger partial charge in [0.05, 0.1) is 12.6 Å². The summed E-state index contributed by atoms with van der Waals surface area (Å²) >= 11 is 0. The van der Waals surface area contributed by atoms with E-state index in [0.29, 0.717) is 37.1 Å². The van der Waals surface area contributed by atoms with Crippen molar-refractivity contribution in [3.8, 4) is 17.2 Å². The molecule has 5 rings (SSSR count). The van der Waals surface area contributed by atoms with Crippen LogP contribution in [0.4, 0.5) is 0 Å². The molecule has 1 fully saturated rings. The third kappa shape index (κ3) is 5.18. The van der Waals surface area contributed by atoms with E-state index in [-0.39, 0.29) is 5.56 Å². The normalized spacial score (nSPS) is 16.4. The molecular formula is C27H31N3O5. The number of nitrogens with one attached hydrogen (secondary N) is 1. The molecule has 8 heteroatoms. The highest BCUT2D eigenvalue weighted by atomic mass is 16.6. The summed E-state index contributed by atoms with van der Waals surface area (Å²) in [6.45, 7) is 5.29. The molecule has 0 unspecified atom stereocenters. The van der Waals surface area contributed by atoms with Crippen molar-refractivity contribution in [2.45, 2.75) is 32.0 Å². The lowest BCUT2D eigenvalue weighted by atomic mass is 10.0. The smallest absolute Gasteiger partial charge is 0.251 e. The molecule has 1 saturated heterocycles. The number of hydrogen-bond donors (Lipinski definition) is 1. The number of aromatic nitrogens is 1. The second-order valence-electron chi connectivity index (χ2n) is 9.07. The molecule has 0 amide bonds. The number of fused-ring (bicyclic) bond motifs is 2. The number of rotatable bonds is 8. The van der Waals surface area contributed by atoms with Crippen LogP contribution in [-0.4, -0.2) is 61.8 Å². The third-order valence-electron chi connectivity index (χ3n) is 6.91. The second-order valence-corrected chi connectivity index (χ2v) is 9.07. The molecule has 8 nitrogen and oxygen atoms in total. The van der Waals surface area contributed by atoms with Crippen molar-refractivity contribution in [1.82, 2.24) is 14.8 Å². The minimum Gasteiger partial charge on any atom is -0.497 e. The number of carbonyl (C=O) groups is 1. The molecule has 2 aliphatic heterocycles. The molecule has 0 spiro atoms. The summed E-state index contributed by atoms with van der Waals surface area (Å²) in [4.78, 5) is 26.6. The Morgan fingerprint density at radius 3 is 2.60 bits per heavy atom. The van der Waals surface area contributed by atoms with Gasteiger partial charge in [-0.2, -0.15) is 0 Å². The van der Waals surface area contributed by atoms with Crippen LogP contribution in [-0.2, 0) is 13.1 Å². The fourth-order valence-electron chi connectivity index (χ4n) is 4.90. The quantitative estimate of drug-likeness (QED) is 0.500. The standard InChI is InChI=1S/C27H31N3O5/c1-33-22-3-4-23-20(18-31)15-27(32)30(24(23)16-22)11-10-29-8-6-21(7-9-29)28-17-19-2-5-25-26(14-19)35-13-12-34-25/h2-5,14-16,18,21,28H,6-13,17H2,1H3. The number of carbonyl (C=O) groups excluding carboxylic acids is 1. The zero-order valence-corrected chi connectivity index (χ0v) is 20.0. The largest absolute Gasteiger partial charge is 0.497 e. The molecule has 3 heterocycles. The van der Waals surface area contributed by atoms with Gasteiger partial charge in [-0.15, -0.1) is 0 Å². The van der Waals surface area contributed by atoms with Crippen molar-refractivity contribution < 1.29 is 19.0 Å². The minimum absolute atomic E-state index is 0.163. The maximum Gasteiger partial charge on any atom is 0.251 e. The Hall–Kier alpha value is -3.36. The molecule has 0 radical (unpaired) electrons. The molecule has 0 aliphatic carbocycles. The monoisotopic (exact) mass is 477 g/mol. The van der Waals surface area contributed by atoms with E-state index in [1.165, 1.54) is 11.6 Å². The highest BCUT2D eigenvalue weighted by Gasteiger charge is 2.20. The van der Waals surface area contributed by atoms with Crippen LogP contribution in [0.15, 0.2) is 47.3 Å². The summed E-state index contributed by atoms with van der Waals surface area (Å²) in [5.41, 5.74) is 2.17. The van der Waals surface area contributed by atoms with Gasteiger partial charge in [0.15, 0.2) is 17.8 Å². The van der Waals surface area contributed by atoms with E-state index in [4.69, 9.17) is 14.2 Å². The molecule has 0 bridgehead atoms. The van der Waals surface area contributed by atoms with Crippen LogP contribution in [0.1, 0.15) is 28.8 Å².